The molecule has 1 aromatic rings. The van der Waals surface area contributed by atoms with Crippen LogP contribution in [0.15, 0.2) is 18.2 Å². The van der Waals surface area contributed by atoms with Crippen molar-refractivity contribution in [1.82, 2.24) is 15.1 Å². The lowest BCUT2D eigenvalue weighted by molar-refractivity contribution is -0.148. The number of benzene rings is 1. The Hall–Kier alpha value is -3.75. The summed E-state index contributed by atoms with van der Waals surface area (Å²) in [6.45, 7) is 5.41. The highest BCUT2D eigenvalue weighted by molar-refractivity contribution is 6.07. The summed E-state index contributed by atoms with van der Waals surface area (Å²) in [5.41, 5.74) is -1.25. The maximum atomic E-state index is 15.2. The van der Waals surface area contributed by atoms with Gasteiger partial charge in [-0.2, -0.15) is 5.26 Å². The number of methoxy groups -OCH3 is 1. The van der Waals surface area contributed by atoms with Crippen molar-refractivity contribution in [2.75, 3.05) is 25.5 Å². The summed E-state index contributed by atoms with van der Waals surface area (Å²) in [5.74, 6) is -2.90. The predicted octanol–water partition coefficient (Wildman–Crippen LogP) is 2.73. The van der Waals surface area contributed by atoms with Crippen LogP contribution in [-0.2, 0) is 24.5 Å². The van der Waals surface area contributed by atoms with Crippen LogP contribution in [0.25, 0.3) is 0 Å². The second-order valence-electron chi connectivity index (χ2n) is 13.6. The molecule has 1 aromatic carbocycles. The molecule has 12 heteroatoms. The van der Waals surface area contributed by atoms with E-state index in [0.717, 1.165) is 0 Å². The molecule has 2 aliphatic carbocycles. The van der Waals surface area contributed by atoms with Crippen LogP contribution < -0.4 is 10.6 Å². The maximum absolute atomic E-state index is 15.2. The number of alkyl halides is 1. The number of likely N-dealkylation sites (tertiary alicyclic amines) is 2. The number of amides is 4. The van der Waals surface area contributed by atoms with Gasteiger partial charge in [-0.05, 0) is 65.7 Å². The molecule has 0 radical (unpaired) electrons. The number of rotatable bonds is 3. The van der Waals surface area contributed by atoms with Crippen molar-refractivity contribution in [2.24, 2.45) is 29.1 Å². The predicted molar refractivity (Wildman–Crippen MR) is 145 cm³/mol. The lowest BCUT2D eigenvalue weighted by Gasteiger charge is -2.38. The number of carbonyl (C=O) groups excluding carboxylic acids is 4. The third kappa shape index (κ3) is 4.07. The van der Waals surface area contributed by atoms with Crippen molar-refractivity contribution in [1.29, 1.82) is 5.26 Å². The summed E-state index contributed by atoms with van der Waals surface area (Å²) in [6.07, 6.45) is -0.905. The molecule has 0 aromatic heterocycles. The van der Waals surface area contributed by atoms with Gasteiger partial charge in [0.2, 0.25) is 17.7 Å². The Kier molecular flexibility index (Phi) is 6.51. The topological polar surface area (TPSA) is 132 Å². The fraction of sp³-hybridized carbons (Fsp3) is 0.633. The zero-order chi connectivity index (χ0) is 30.3. The fourth-order valence-corrected chi connectivity index (χ4v) is 8.41. The van der Waals surface area contributed by atoms with Crippen LogP contribution in [0.5, 0.6) is 0 Å². The number of hydrogen-bond acceptors (Lipinski definition) is 6. The smallest absolute Gasteiger partial charge is 0.407 e. The van der Waals surface area contributed by atoms with Crippen molar-refractivity contribution in [3.05, 3.63) is 29.6 Å². The van der Waals surface area contributed by atoms with Gasteiger partial charge in [0, 0.05) is 25.2 Å². The van der Waals surface area contributed by atoms with E-state index in [0.29, 0.717) is 24.1 Å². The van der Waals surface area contributed by atoms with Gasteiger partial charge >= 0.3 is 6.09 Å². The first-order valence-electron chi connectivity index (χ1n) is 14.4. The number of fused-ring (bicyclic) bond motifs is 7. The van der Waals surface area contributed by atoms with E-state index >= 15 is 4.39 Å². The maximum Gasteiger partial charge on any atom is 0.407 e. The first kappa shape index (κ1) is 28.4. The van der Waals surface area contributed by atoms with Crippen molar-refractivity contribution >= 4 is 29.5 Å². The van der Waals surface area contributed by atoms with Crippen LogP contribution in [0.3, 0.4) is 0 Å². The third-order valence-electron chi connectivity index (χ3n) is 10.3. The Labute approximate surface area is 242 Å². The second-order valence-corrected chi connectivity index (χ2v) is 13.6. The summed E-state index contributed by atoms with van der Waals surface area (Å²) >= 11 is 0. The van der Waals surface area contributed by atoms with Crippen molar-refractivity contribution in [2.45, 2.75) is 69.7 Å². The number of nitrogens with zero attached hydrogens (tertiary/aromatic N) is 3. The van der Waals surface area contributed by atoms with Gasteiger partial charge < -0.3 is 25.2 Å². The SMILES string of the molecule is COC(=O)N[C@H](C(=O)N1C[C@@H]2[C@H]3C[C@@H]([C@@H]2[C@H]1C(=O)N1C[C@]2(C[C@H]1C#N)C(=O)Nc1ccc(F)cc12)[C@H](F)C3)C(C)(C)C. The molecular formula is C30H35F2N5O5. The monoisotopic (exact) mass is 583 g/mol. The van der Waals surface area contributed by atoms with E-state index in [4.69, 9.17) is 4.74 Å². The molecule has 1 spiro atoms. The number of ether oxygens (including phenoxy) is 1. The number of halogens is 2. The Balaban J connectivity index is 1.38. The average molecular weight is 584 g/mol. The van der Waals surface area contributed by atoms with E-state index in [1.807, 2.05) is 0 Å². The highest BCUT2D eigenvalue weighted by Crippen LogP contribution is 2.59. The Morgan fingerprint density at radius 1 is 1.21 bits per heavy atom. The summed E-state index contributed by atoms with van der Waals surface area (Å²) in [5, 5.41) is 15.5. The van der Waals surface area contributed by atoms with Crippen LogP contribution in [0.2, 0.25) is 0 Å². The highest BCUT2D eigenvalue weighted by Gasteiger charge is 2.65. The first-order valence-corrected chi connectivity index (χ1v) is 14.4. The lowest BCUT2D eigenvalue weighted by atomic mass is 9.77. The van der Waals surface area contributed by atoms with Gasteiger partial charge in [0.25, 0.3) is 0 Å². The molecule has 2 saturated carbocycles. The molecule has 5 aliphatic rings. The van der Waals surface area contributed by atoms with Crippen molar-refractivity contribution in [3.63, 3.8) is 0 Å². The number of nitrogens with one attached hydrogen (secondary N) is 2. The summed E-state index contributed by atoms with van der Waals surface area (Å²) in [7, 11) is 1.19. The van der Waals surface area contributed by atoms with Gasteiger partial charge in [-0.3, -0.25) is 14.4 Å². The standard InChI is InChI=1S/C30H35F2N5O5/c1-29(2,3)24(35-28(41)42-4)26(39)36-12-18-14-7-17(20(32)8-14)22(18)23(36)25(38)37-13-30(10-16(37)11-33)19-9-15(31)5-6-21(19)34-27(30)40/h5-6,9,14,16-18,20,22-24H,7-8,10,12-13H2,1-4H3,(H,34,40)(H,35,41)/t14-,16-,17+,18+,20+,22-,23-,24+,30-/m0/s1. The minimum Gasteiger partial charge on any atom is -0.453 e. The summed E-state index contributed by atoms with van der Waals surface area (Å²) < 4.78 is 34.2. The van der Waals surface area contributed by atoms with Crippen molar-refractivity contribution < 1.29 is 32.7 Å². The van der Waals surface area contributed by atoms with E-state index in [2.05, 4.69) is 16.7 Å². The molecule has 2 N–H and O–H groups in total. The Morgan fingerprint density at radius 2 is 1.95 bits per heavy atom. The van der Waals surface area contributed by atoms with Gasteiger partial charge in [-0.15, -0.1) is 0 Å². The molecule has 4 fully saturated rings. The van der Waals surface area contributed by atoms with Crippen LogP contribution in [-0.4, -0.2) is 78.1 Å². The summed E-state index contributed by atoms with van der Waals surface area (Å²) in [4.78, 5) is 57.1. The Bertz CT molecular complexity index is 1410. The van der Waals surface area contributed by atoms with Gasteiger partial charge in [-0.1, -0.05) is 20.8 Å². The van der Waals surface area contributed by atoms with Gasteiger partial charge in [-0.25, -0.2) is 13.6 Å². The van der Waals surface area contributed by atoms with Gasteiger partial charge in [0.15, 0.2) is 0 Å². The largest absolute Gasteiger partial charge is 0.453 e. The molecule has 6 rings (SSSR count). The van der Waals surface area contributed by atoms with E-state index in [1.54, 1.807) is 20.8 Å². The normalized spacial score (nSPS) is 35.1. The molecule has 9 atom stereocenters. The molecular weight excluding hydrogens is 548 g/mol. The van der Waals surface area contributed by atoms with Crippen LogP contribution in [0, 0.1) is 46.2 Å². The molecule has 224 valence electrons. The van der Waals surface area contributed by atoms with Crippen LogP contribution in [0.4, 0.5) is 19.3 Å². The number of nitriles is 1. The van der Waals surface area contributed by atoms with Crippen LogP contribution in [0.1, 0.15) is 45.6 Å². The molecule has 10 nitrogen and oxygen atoms in total. The average Bonchev–Trinajstić information content (AvgIpc) is 3.73. The lowest BCUT2D eigenvalue weighted by Crippen LogP contribution is -2.59. The molecule has 3 aliphatic heterocycles. The number of anilines is 1. The fourth-order valence-electron chi connectivity index (χ4n) is 8.41. The number of carbonyl (C=O) groups is 4. The quantitative estimate of drug-likeness (QED) is 0.563. The van der Waals surface area contributed by atoms with Gasteiger partial charge in [0.1, 0.15) is 30.1 Å². The van der Waals surface area contributed by atoms with E-state index in [-0.39, 0.29) is 31.3 Å². The molecule has 0 unspecified atom stereocenters. The van der Waals surface area contributed by atoms with Crippen molar-refractivity contribution in [3.8, 4) is 6.07 Å². The zero-order valence-electron chi connectivity index (χ0n) is 24.0. The molecule has 2 saturated heterocycles. The first-order chi connectivity index (χ1) is 19.8. The zero-order valence-corrected chi connectivity index (χ0v) is 24.0. The highest BCUT2D eigenvalue weighted by atomic mass is 19.1. The van der Waals surface area contributed by atoms with Gasteiger partial charge in [0.05, 0.1) is 18.6 Å². The second kappa shape index (κ2) is 9.64. The molecule has 3 heterocycles. The minimum atomic E-state index is -1.32. The number of hydrogen-bond donors (Lipinski definition) is 2. The van der Waals surface area contributed by atoms with E-state index in [9.17, 15) is 28.8 Å². The third-order valence-corrected chi connectivity index (χ3v) is 10.3. The Morgan fingerprint density at radius 3 is 2.62 bits per heavy atom. The van der Waals surface area contributed by atoms with E-state index < -0.39 is 76.6 Å². The number of alkyl carbamates (subject to hydrolysis) is 1. The molecule has 2 bridgehead atoms. The minimum absolute atomic E-state index is 0.0249. The summed E-state index contributed by atoms with van der Waals surface area (Å²) in [6, 6.07) is 2.98. The van der Waals surface area contributed by atoms with Crippen LogP contribution >= 0.6 is 0 Å². The van der Waals surface area contributed by atoms with E-state index in [1.165, 1.54) is 35.1 Å². The molecule has 42 heavy (non-hydrogen) atoms. The molecule has 4 amide bonds.